The smallest absolute Gasteiger partial charge is 0.268 e. The molecule has 2 rings (SSSR count). The van der Waals surface area contributed by atoms with Gasteiger partial charge in [0.15, 0.2) is 0 Å². The van der Waals surface area contributed by atoms with Crippen LogP contribution in [0.3, 0.4) is 0 Å². The van der Waals surface area contributed by atoms with Gasteiger partial charge in [-0.1, -0.05) is 6.92 Å². The van der Waals surface area contributed by atoms with Crippen molar-refractivity contribution in [1.82, 2.24) is 9.88 Å². The molecule has 2 N–H and O–H groups in total. The van der Waals surface area contributed by atoms with Crippen LogP contribution in [0.5, 0.6) is 0 Å². The summed E-state index contributed by atoms with van der Waals surface area (Å²) in [6.07, 6.45) is 6.14. The Labute approximate surface area is 108 Å². The molecule has 1 aliphatic carbocycles. The quantitative estimate of drug-likeness (QED) is 0.841. The third-order valence-electron chi connectivity index (χ3n) is 3.87. The molecule has 0 aliphatic heterocycles. The van der Waals surface area contributed by atoms with Crippen LogP contribution in [-0.2, 0) is 0 Å². The predicted octanol–water partition coefficient (Wildman–Crippen LogP) is 2.10. The highest BCUT2D eigenvalue weighted by Gasteiger charge is 2.24. The first kappa shape index (κ1) is 13.1. The maximum absolute atomic E-state index is 12.1. The van der Waals surface area contributed by atoms with Gasteiger partial charge in [-0.05, 0) is 44.7 Å². The Kier molecular flexibility index (Phi) is 3.76. The Balaban J connectivity index is 1.98. The number of carbonyl (C=O) groups is 1. The zero-order valence-electron chi connectivity index (χ0n) is 11.1. The minimum Gasteiger partial charge on any atom is -0.388 e. The SMILES string of the molecule is CCC(C)(O)CNC(=O)c1cccn1C1CCC1. The Morgan fingerprint density at radius 1 is 1.61 bits per heavy atom. The summed E-state index contributed by atoms with van der Waals surface area (Å²) in [5.74, 6) is -0.0966. The van der Waals surface area contributed by atoms with Crippen molar-refractivity contribution in [3.05, 3.63) is 24.0 Å². The molecule has 18 heavy (non-hydrogen) atoms. The van der Waals surface area contributed by atoms with E-state index in [-0.39, 0.29) is 12.5 Å². The van der Waals surface area contributed by atoms with Crippen molar-refractivity contribution >= 4 is 5.91 Å². The monoisotopic (exact) mass is 250 g/mol. The van der Waals surface area contributed by atoms with Crippen LogP contribution in [-0.4, -0.2) is 27.7 Å². The van der Waals surface area contributed by atoms with Gasteiger partial charge >= 0.3 is 0 Å². The minimum atomic E-state index is -0.830. The molecule has 4 heteroatoms. The van der Waals surface area contributed by atoms with Gasteiger partial charge in [0.25, 0.3) is 5.91 Å². The summed E-state index contributed by atoms with van der Waals surface area (Å²) in [6, 6.07) is 4.23. The Bertz CT molecular complexity index is 419. The molecule has 4 nitrogen and oxygen atoms in total. The zero-order valence-corrected chi connectivity index (χ0v) is 11.1. The largest absolute Gasteiger partial charge is 0.388 e. The average molecular weight is 250 g/mol. The standard InChI is InChI=1S/C14H22N2O2/c1-3-14(2,18)10-15-13(17)12-8-5-9-16(12)11-6-4-7-11/h5,8-9,11,18H,3-4,6-7,10H2,1-2H3,(H,15,17). The molecule has 100 valence electrons. The third kappa shape index (κ3) is 2.75. The second-order valence-electron chi connectivity index (χ2n) is 5.42. The Morgan fingerprint density at radius 2 is 2.33 bits per heavy atom. The number of amides is 1. The van der Waals surface area contributed by atoms with Crippen molar-refractivity contribution in [3.8, 4) is 0 Å². The van der Waals surface area contributed by atoms with Crippen molar-refractivity contribution in [3.63, 3.8) is 0 Å². The average Bonchev–Trinajstić information content (AvgIpc) is 2.73. The summed E-state index contributed by atoms with van der Waals surface area (Å²) < 4.78 is 2.06. The van der Waals surface area contributed by atoms with Crippen molar-refractivity contribution in [1.29, 1.82) is 0 Å². The lowest BCUT2D eigenvalue weighted by Gasteiger charge is -2.29. The van der Waals surface area contributed by atoms with Crippen molar-refractivity contribution in [2.45, 2.75) is 51.2 Å². The highest BCUT2D eigenvalue weighted by molar-refractivity contribution is 5.92. The fraction of sp³-hybridized carbons (Fsp3) is 0.643. The lowest BCUT2D eigenvalue weighted by atomic mass is 9.93. The van der Waals surface area contributed by atoms with Crippen LogP contribution in [0, 0.1) is 0 Å². The number of nitrogens with one attached hydrogen (secondary N) is 1. The number of aromatic nitrogens is 1. The lowest BCUT2D eigenvalue weighted by Crippen LogP contribution is -2.40. The first-order valence-electron chi connectivity index (χ1n) is 6.71. The molecule has 1 aromatic heterocycles. The molecular formula is C14H22N2O2. The lowest BCUT2D eigenvalue weighted by molar-refractivity contribution is 0.0514. The maximum atomic E-state index is 12.1. The van der Waals surface area contributed by atoms with Gasteiger partial charge in [-0.15, -0.1) is 0 Å². The van der Waals surface area contributed by atoms with E-state index in [0.29, 0.717) is 18.2 Å². The van der Waals surface area contributed by atoms with E-state index >= 15 is 0 Å². The summed E-state index contributed by atoms with van der Waals surface area (Å²) in [5.41, 5.74) is -0.129. The van der Waals surface area contributed by atoms with Crippen molar-refractivity contribution in [2.75, 3.05) is 6.54 Å². The van der Waals surface area contributed by atoms with Crippen LogP contribution >= 0.6 is 0 Å². The predicted molar refractivity (Wildman–Crippen MR) is 70.6 cm³/mol. The first-order chi connectivity index (χ1) is 8.53. The van der Waals surface area contributed by atoms with Gasteiger partial charge in [-0.25, -0.2) is 0 Å². The second-order valence-corrected chi connectivity index (χ2v) is 5.42. The second kappa shape index (κ2) is 5.14. The maximum Gasteiger partial charge on any atom is 0.268 e. The van der Waals surface area contributed by atoms with E-state index in [1.54, 1.807) is 6.92 Å². The molecule has 0 bridgehead atoms. The van der Waals surface area contributed by atoms with Gasteiger partial charge in [0, 0.05) is 18.8 Å². The van der Waals surface area contributed by atoms with Gasteiger partial charge in [0.05, 0.1) is 5.60 Å². The summed E-state index contributed by atoms with van der Waals surface area (Å²) in [5, 5.41) is 12.7. The summed E-state index contributed by atoms with van der Waals surface area (Å²) in [4.78, 5) is 12.1. The van der Waals surface area contributed by atoms with Crippen LogP contribution in [0.2, 0.25) is 0 Å². The van der Waals surface area contributed by atoms with Crippen LogP contribution in [0.15, 0.2) is 18.3 Å². The van der Waals surface area contributed by atoms with E-state index in [1.165, 1.54) is 6.42 Å². The fourth-order valence-corrected chi connectivity index (χ4v) is 2.06. The molecule has 1 amide bonds. The van der Waals surface area contributed by atoms with E-state index in [2.05, 4.69) is 9.88 Å². The molecule has 0 radical (unpaired) electrons. The van der Waals surface area contributed by atoms with E-state index < -0.39 is 5.60 Å². The molecule has 1 fully saturated rings. The third-order valence-corrected chi connectivity index (χ3v) is 3.87. The van der Waals surface area contributed by atoms with Crippen molar-refractivity contribution in [2.24, 2.45) is 0 Å². The fourth-order valence-electron chi connectivity index (χ4n) is 2.06. The molecule has 0 spiro atoms. The van der Waals surface area contributed by atoms with Crippen LogP contribution in [0.4, 0.5) is 0 Å². The van der Waals surface area contributed by atoms with Crippen LogP contribution in [0.25, 0.3) is 0 Å². The Morgan fingerprint density at radius 3 is 2.89 bits per heavy atom. The number of nitrogens with zero attached hydrogens (tertiary/aromatic N) is 1. The van der Waals surface area contributed by atoms with Gasteiger partial charge in [0.1, 0.15) is 5.69 Å². The normalized spacial score (nSPS) is 19.1. The van der Waals surface area contributed by atoms with E-state index in [9.17, 15) is 9.90 Å². The Hall–Kier alpha value is -1.29. The molecule has 1 atom stereocenters. The van der Waals surface area contributed by atoms with Crippen molar-refractivity contribution < 1.29 is 9.90 Å². The molecule has 1 heterocycles. The van der Waals surface area contributed by atoms with Crippen LogP contribution in [0.1, 0.15) is 56.1 Å². The highest BCUT2D eigenvalue weighted by Crippen LogP contribution is 2.32. The van der Waals surface area contributed by atoms with Crippen LogP contribution < -0.4 is 5.32 Å². The van der Waals surface area contributed by atoms with Gasteiger partial charge < -0.3 is 15.0 Å². The zero-order chi connectivity index (χ0) is 13.2. The number of carbonyl (C=O) groups excluding carboxylic acids is 1. The number of hydrogen-bond acceptors (Lipinski definition) is 2. The highest BCUT2D eigenvalue weighted by atomic mass is 16.3. The topological polar surface area (TPSA) is 54.3 Å². The molecular weight excluding hydrogens is 228 g/mol. The first-order valence-corrected chi connectivity index (χ1v) is 6.71. The molecule has 1 aromatic rings. The van der Waals surface area contributed by atoms with Gasteiger partial charge in [-0.3, -0.25) is 4.79 Å². The number of hydrogen-bond donors (Lipinski definition) is 2. The summed E-state index contributed by atoms with van der Waals surface area (Å²) >= 11 is 0. The summed E-state index contributed by atoms with van der Waals surface area (Å²) in [7, 11) is 0. The molecule has 1 saturated carbocycles. The van der Waals surface area contributed by atoms with E-state index in [1.807, 2.05) is 25.3 Å². The molecule has 1 unspecified atom stereocenters. The molecule has 0 aromatic carbocycles. The molecule has 0 saturated heterocycles. The minimum absolute atomic E-state index is 0.0966. The number of rotatable bonds is 5. The van der Waals surface area contributed by atoms with E-state index in [0.717, 1.165) is 12.8 Å². The van der Waals surface area contributed by atoms with Gasteiger partial charge in [0.2, 0.25) is 0 Å². The van der Waals surface area contributed by atoms with Gasteiger partial charge in [-0.2, -0.15) is 0 Å². The van der Waals surface area contributed by atoms with E-state index in [4.69, 9.17) is 0 Å². The number of aliphatic hydroxyl groups is 1. The summed E-state index contributed by atoms with van der Waals surface area (Å²) in [6.45, 7) is 3.93. The molecule has 1 aliphatic rings.